The summed E-state index contributed by atoms with van der Waals surface area (Å²) in [5.41, 5.74) is 7.62. The van der Waals surface area contributed by atoms with Gasteiger partial charge in [-0.1, -0.05) is 104 Å². The lowest BCUT2D eigenvalue weighted by molar-refractivity contribution is 0.464. The number of para-hydroxylation sites is 1. The van der Waals surface area contributed by atoms with Crippen LogP contribution in [0.3, 0.4) is 0 Å². The fourth-order valence-corrected chi connectivity index (χ4v) is 4.88. The van der Waals surface area contributed by atoms with Gasteiger partial charge in [-0.15, -0.1) is 0 Å². The molecule has 1 aliphatic heterocycles. The summed E-state index contributed by atoms with van der Waals surface area (Å²) >= 11 is 0. The minimum Gasteiger partial charge on any atom is -0.349 e. The van der Waals surface area contributed by atoms with E-state index >= 15 is 0 Å². The fraction of sp³-hybridized carbons (Fsp3) is 0.0909. The molecule has 5 rings (SSSR count). The highest BCUT2D eigenvalue weighted by Gasteiger charge is 2.27. The van der Waals surface area contributed by atoms with Crippen LogP contribution in [-0.4, -0.2) is 16.6 Å². The summed E-state index contributed by atoms with van der Waals surface area (Å²) in [6, 6.07) is 29.1. The van der Waals surface area contributed by atoms with Crippen molar-refractivity contribution >= 4 is 34.6 Å². The molecule has 0 saturated carbocycles. The molecule has 0 saturated heterocycles. The number of nitrogens with zero attached hydrogens (tertiary/aromatic N) is 3. The van der Waals surface area contributed by atoms with Crippen LogP contribution in [0.4, 0.5) is 0 Å². The average molecular weight is 483 g/mol. The van der Waals surface area contributed by atoms with Gasteiger partial charge in [-0.05, 0) is 30.2 Å². The van der Waals surface area contributed by atoms with Crippen LogP contribution in [0.1, 0.15) is 35.0 Å². The van der Waals surface area contributed by atoms with Crippen molar-refractivity contribution in [3.8, 4) is 0 Å². The molecule has 4 heteroatoms. The molecule has 0 amide bonds. The summed E-state index contributed by atoms with van der Waals surface area (Å²) in [6.45, 7) is 9.85. The maximum absolute atomic E-state index is 5.15. The van der Waals surface area contributed by atoms with E-state index in [0.717, 1.165) is 33.9 Å². The zero-order valence-electron chi connectivity index (χ0n) is 21.0. The van der Waals surface area contributed by atoms with E-state index in [4.69, 9.17) is 4.99 Å². The molecule has 1 aliphatic rings. The predicted octanol–water partition coefficient (Wildman–Crippen LogP) is 7.71. The quantitative estimate of drug-likeness (QED) is 0.213. The highest BCUT2D eigenvalue weighted by molar-refractivity contribution is 6.12. The number of hydrogen-bond acceptors (Lipinski definition) is 3. The summed E-state index contributed by atoms with van der Waals surface area (Å²) in [7, 11) is 0. The Morgan fingerprint density at radius 2 is 1.68 bits per heavy atom. The van der Waals surface area contributed by atoms with Crippen LogP contribution in [-0.2, 0) is 0 Å². The third-order valence-electron chi connectivity index (χ3n) is 6.60. The van der Waals surface area contributed by atoms with Gasteiger partial charge in [-0.3, -0.25) is 4.99 Å². The lowest BCUT2D eigenvalue weighted by atomic mass is 10.0. The fourth-order valence-electron chi connectivity index (χ4n) is 4.88. The molecule has 0 spiro atoms. The first kappa shape index (κ1) is 24.0. The highest BCUT2D eigenvalue weighted by Crippen LogP contribution is 2.35. The molecular formula is C33H30N4. The number of fused-ring (bicyclic) bond motifs is 1. The van der Waals surface area contributed by atoms with E-state index in [-0.39, 0.29) is 6.17 Å². The molecule has 0 aliphatic carbocycles. The van der Waals surface area contributed by atoms with Gasteiger partial charge < -0.3 is 9.88 Å². The Labute approximate surface area is 218 Å². The molecule has 0 radical (unpaired) electrons. The van der Waals surface area contributed by atoms with Gasteiger partial charge in [-0.2, -0.15) is 0 Å². The Hall–Kier alpha value is -4.70. The first-order valence-corrected chi connectivity index (χ1v) is 12.4. The van der Waals surface area contributed by atoms with Crippen molar-refractivity contribution in [2.75, 3.05) is 0 Å². The molecular weight excluding hydrogens is 452 g/mol. The van der Waals surface area contributed by atoms with E-state index in [0.29, 0.717) is 6.42 Å². The van der Waals surface area contributed by atoms with Crippen LogP contribution in [0.15, 0.2) is 132 Å². The number of aryl methyl sites for hydroxylation is 1. The van der Waals surface area contributed by atoms with Gasteiger partial charge in [0.15, 0.2) is 0 Å². The third-order valence-corrected chi connectivity index (χ3v) is 6.60. The maximum atomic E-state index is 5.15. The largest absolute Gasteiger partial charge is 0.349 e. The lowest BCUT2D eigenvalue weighted by Gasteiger charge is -2.30. The predicted molar refractivity (Wildman–Crippen MR) is 158 cm³/mol. The van der Waals surface area contributed by atoms with Crippen molar-refractivity contribution in [3.63, 3.8) is 0 Å². The van der Waals surface area contributed by atoms with Crippen molar-refractivity contribution in [1.29, 1.82) is 0 Å². The lowest BCUT2D eigenvalue weighted by Crippen LogP contribution is -2.37. The Morgan fingerprint density at radius 1 is 0.973 bits per heavy atom. The van der Waals surface area contributed by atoms with Gasteiger partial charge in [-0.25, -0.2) is 4.99 Å². The van der Waals surface area contributed by atoms with Gasteiger partial charge in [0.1, 0.15) is 12.0 Å². The summed E-state index contributed by atoms with van der Waals surface area (Å²) in [5, 5.41) is 4.99. The number of aromatic nitrogens is 1. The molecule has 1 aromatic heterocycles. The number of nitrogens with one attached hydrogen (secondary N) is 1. The van der Waals surface area contributed by atoms with Crippen LogP contribution in [0.2, 0.25) is 0 Å². The van der Waals surface area contributed by atoms with Crippen LogP contribution < -0.4 is 5.32 Å². The van der Waals surface area contributed by atoms with Gasteiger partial charge >= 0.3 is 0 Å². The highest BCUT2D eigenvalue weighted by atomic mass is 15.2. The van der Waals surface area contributed by atoms with Crippen molar-refractivity contribution in [1.82, 2.24) is 9.88 Å². The normalized spacial score (nSPS) is 17.1. The average Bonchev–Trinajstić information content (AvgIpc) is 3.24. The zero-order chi connectivity index (χ0) is 25.6. The Balaban J connectivity index is 1.75. The second-order valence-corrected chi connectivity index (χ2v) is 8.87. The van der Waals surface area contributed by atoms with Gasteiger partial charge in [0, 0.05) is 41.1 Å². The summed E-state index contributed by atoms with van der Waals surface area (Å²) in [5.74, 6) is 0.835. The number of benzene rings is 3. The third kappa shape index (κ3) is 4.87. The number of hydrogen-bond donors (Lipinski definition) is 1. The van der Waals surface area contributed by atoms with E-state index in [1.807, 2.05) is 54.8 Å². The smallest absolute Gasteiger partial charge is 0.135 e. The summed E-state index contributed by atoms with van der Waals surface area (Å²) in [4.78, 5) is 9.54. The van der Waals surface area contributed by atoms with Gasteiger partial charge in [0.25, 0.3) is 0 Å². The second kappa shape index (κ2) is 10.9. The first-order valence-electron chi connectivity index (χ1n) is 12.4. The Kier molecular flexibility index (Phi) is 7.09. The van der Waals surface area contributed by atoms with Crippen molar-refractivity contribution in [3.05, 3.63) is 145 Å². The standard InChI is InChI=1S/C33H30N4/c1-4-6-20-30-24(3)27-19-13-14-21-31(27)37(30)32-22-29(35-33(36-32)26-17-11-8-12-18-26)28(23-34-5-2)25-15-9-7-10-16-25/h4-21,23,32H,1-2,22H2,3H3,(H,35,36)/b20-6-,29-28-,34-23-. The number of rotatable bonds is 7. The number of amidine groups is 1. The van der Waals surface area contributed by atoms with E-state index in [1.54, 1.807) is 6.20 Å². The van der Waals surface area contributed by atoms with Crippen LogP contribution in [0.5, 0.6) is 0 Å². The second-order valence-electron chi connectivity index (χ2n) is 8.87. The molecule has 2 heterocycles. The van der Waals surface area contributed by atoms with Crippen molar-refractivity contribution < 1.29 is 0 Å². The van der Waals surface area contributed by atoms with E-state index < -0.39 is 0 Å². The minimum atomic E-state index is -0.0679. The zero-order valence-corrected chi connectivity index (χ0v) is 21.0. The van der Waals surface area contributed by atoms with Gasteiger partial charge in [0.2, 0.25) is 0 Å². The summed E-state index contributed by atoms with van der Waals surface area (Å²) in [6.07, 6.45) is 9.98. The Bertz CT molecular complexity index is 1550. The van der Waals surface area contributed by atoms with Crippen LogP contribution in [0.25, 0.3) is 22.6 Å². The SMILES string of the molecule is C=C/C=C\c1c(C)c2ccccc2n1C1C/C(=C(\C=N/C=C)c2ccccc2)N=C(c2ccccc2)N1. The molecule has 1 unspecified atom stereocenters. The molecule has 182 valence electrons. The minimum absolute atomic E-state index is 0.0679. The van der Waals surface area contributed by atoms with E-state index in [1.165, 1.54) is 16.5 Å². The van der Waals surface area contributed by atoms with Crippen LogP contribution >= 0.6 is 0 Å². The number of aliphatic imine (C=N–C) groups is 2. The molecule has 1 N–H and O–H groups in total. The summed E-state index contributed by atoms with van der Waals surface area (Å²) < 4.78 is 2.38. The van der Waals surface area contributed by atoms with E-state index in [2.05, 4.69) is 89.6 Å². The van der Waals surface area contributed by atoms with Crippen LogP contribution in [0, 0.1) is 6.92 Å². The molecule has 1 atom stereocenters. The number of allylic oxidation sites excluding steroid dienone is 3. The molecule has 0 fully saturated rings. The van der Waals surface area contributed by atoms with Crippen molar-refractivity contribution in [2.45, 2.75) is 19.5 Å². The molecule has 4 aromatic rings. The molecule has 4 nitrogen and oxygen atoms in total. The topological polar surface area (TPSA) is 41.7 Å². The first-order chi connectivity index (χ1) is 18.2. The molecule has 3 aromatic carbocycles. The van der Waals surface area contributed by atoms with E-state index in [9.17, 15) is 0 Å². The van der Waals surface area contributed by atoms with Crippen molar-refractivity contribution in [2.24, 2.45) is 9.98 Å². The monoisotopic (exact) mass is 482 g/mol. The molecule has 37 heavy (non-hydrogen) atoms. The Morgan fingerprint density at radius 3 is 2.41 bits per heavy atom. The molecule has 0 bridgehead atoms. The maximum Gasteiger partial charge on any atom is 0.135 e. The van der Waals surface area contributed by atoms with Gasteiger partial charge in [0.05, 0.1) is 11.2 Å².